The van der Waals surface area contributed by atoms with Gasteiger partial charge in [-0.1, -0.05) is 25.5 Å². The topological polar surface area (TPSA) is 17.1 Å². The van der Waals surface area contributed by atoms with Gasteiger partial charge in [0.2, 0.25) is 0 Å². The molecule has 1 unspecified atom stereocenters. The fourth-order valence-corrected chi connectivity index (χ4v) is 1.81. The van der Waals surface area contributed by atoms with E-state index < -0.39 is 0 Å². The van der Waals surface area contributed by atoms with Gasteiger partial charge >= 0.3 is 0 Å². The number of carbonyl (C=O) groups is 1. The molecule has 1 atom stereocenters. The Hall–Kier alpha value is -0.590. The summed E-state index contributed by atoms with van der Waals surface area (Å²) in [7, 11) is 0. The molecule has 0 aromatic rings. The largest absolute Gasteiger partial charge is 0.303 e. The molecule has 1 rings (SSSR count). The summed E-state index contributed by atoms with van der Waals surface area (Å²) in [4.78, 5) is 10.2. The van der Waals surface area contributed by atoms with Gasteiger partial charge < -0.3 is 4.79 Å². The van der Waals surface area contributed by atoms with Crippen LogP contribution in [0.15, 0.2) is 11.6 Å². The Kier molecular flexibility index (Phi) is 3.51. The molecule has 0 saturated heterocycles. The van der Waals surface area contributed by atoms with Gasteiger partial charge in [0.05, 0.1) is 0 Å². The van der Waals surface area contributed by atoms with Crippen molar-refractivity contribution in [3.8, 4) is 0 Å². The number of hydrogen-bond donors (Lipinski definition) is 0. The second kappa shape index (κ2) is 4.44. The van der Waals surface area contributed by atoms with Crippen molar-refractivity contribution < 1.29 is 4.79 Å². The summed E-state index contributed by atoms with van der Waals surface area (Å²) < 4.78 is 0. The number of carbonyl (C=O) groups excluding carboxylic acids is 1. The Labute approximate surface area is 74.9 Å². The molecule has 1 aliphatic rings. The Bertz CT molecular complexity index is 179. The molecular weight excluding hydrogens is 148 g/mol. The molecule has 12 heavy (non-hydrogen) atoms. The molecular formula is C11H18O. The molecule has 0 N–H and O–H groups in total. The van der Waals surface area contributed by atoms with Gasteiger partial charge in [-0.15, -0.1) is 0 Å². The molecule has 0 heterocycles. The number of hydrogen-bond acceptors (Lipinski definition) is 1. The van der Waals surface area contributed by atoms with Crippen molar-refractivity contribution in [3.05, 3.63) is 11.6 Å². The van der Waals surface area contributed by atoms with Gasteiger partial charge in [-0.3, -0.25) is 0 Å². The van der Waals surface area contributed by atoms with E-state index in [1.54, 1.807) is 0 Å². The van der Waals surface area contributed by atoms with Gasteiger partial charge in [-0.2, -0.15) is 0 Å². The minimum absolute atomic E-state index is 0.658. The van der Waals surface area contributed by atoms with Gasteiger partial charge in [0.15, 0.2) is 0 Å². The molecule has 0 fully saturated rings. The van der Waals surface area contributed by atoms with E-state index in [0.29, 0.717) is 6.42 Å². The van der Waals surface area contributed by atoms with E-state index >= 15 is 0 Å². The second-order valence-electron chi connectivity index (χ2n) is 4.01. The Balaban J connectivity index is 2.41. The standard InChI is InChI=1S/C11H18O/c1-9(2)11-5-3-10(4-6-11)7-8-12/h3,8-9,11H,4-7H2,1-2H3. The smallest absolute Gasteiger partial charge is 0.124 e. The predicted molar refractivity (Wildman–Crippen MR) is 50.9 cm³/mol. The SMILES string of the molecule is CC(C)C1CC=C(CC=O)CC1. The lowest BCUT2D eigenvalue weighted by Crippen LogP contribution is -2.12. The third kappa shape index (κ3) is 2.47. The molecule has 0 aromatic carbocycles. The molecule has 68 valence electrons. The molecule has 0 amide bonds. The van der Waals surface area contributed by atoms with Crippen molar-refractivity contribution in [1.29, 1.82) is 0 Å². The minimum atomic E-state index is 0.658. The highest BCUT2D eigenvalue weighted by Crippen LogP contribution is 2.29. The highest BCUT2D eigenvalue weighted by molar-refractivity contribution is 5.54. The van der Waals surface area contributed by atoms with Crippen LogP contribution in [0.5, 0.6) is 0 Å². The zero-order valence-electron chi connectivity index (χ0n) is 8.05. The third-order valence-corrected chi connectivity index (χ3v) is 2.83. The lowest BCUT2D eigenvalue weighted by Gasteiger charge is -2.24. The highest BCUT2D eigenvalue weighted by Gasteiger charge is 2.16. The van der Waals surface area contributed by atoms with Crippen LogP contribution in [0.1, 0.15) is 39.5 Å². The highest BCUT2D eigenvalue weighted by atomic mass is 16.1. The van der Waals surface area contributed by atoms with Gasteiger partial charge in [0.25, 0.3) is 0 Å². The van der Waals surface area contributed by atoms with Gasteiger partial charge in [0.1, 0.15) is 6.29 Å². The van der Waals surface area contributed by atoms with E-state index in [4.69, 9.17) is 0 Å². The van der Waals surface area contributed by atoms with Crippen molar-refractivity contribution >= 4 is 6.29 Å². The van der Waals surface area contributed by atoms with Crippen LogP contribution >= 0.6 is 0 Å². The minimum Gasteiger partial charge on any atom is -0.303 e. The van der Waals surface area contributed by atoms with Crippen LogP contribution in [0.4, 0.5) is 0 Å². The molecule has 1 heteroatoms. The van der Waals surface area contributed by atoms with Gasteiger partial charge in [-0.05, 0) is 31.1 Å². The van der Waals surface area contributed by atoms with E-state index in [1.807, 2.05) is 0 Å². The van der Waals surface area contributed by atoms with Crippen LogP contribution in [-0.4, -0.2) is 6.29 Å². The van der Waals surface area contributed by atoms with Gasteiger partial charge in [-0.25, -0.2) is 0 Å². The number of allylic oxidation sites excluding steroid dienone is 2. The van der Waals surface area contributed by atoms with Crippen LogP contribution < -0.4 is 0 Å². The average Bonchev–Trinajstić information content (AvgIpc) is 2.06. The van der Waals surface area contributed by atoms with Crippen molar-refractivity contribution in [1.82, 2.24) is 0 Å². The summed E-state index contributed by atoms with van der Waals surface area (Å²) in [6, 6.07) is 0. The quantitative estimate of drug-likeness (QED) is 0.465. The summed E-state index contributed by atoms with van der Waals surface area (Å²) in [5, 5.41) is 0. The zero-order chi connectivity index (χ0) is 8.97. The summed E-state index contributed by atoms with van der Waals surface area (Å²) in [5.41, 5.74) is 1.35. The molecule has 1 aliphatic carbocycles. The van der Waals surface area contributed by atoms with E-state index in [2.05, 4.69) is 19.9 Å². The summed E-state index contributed by atoms with van der Waals surface area (Å²) >= 11 is 0. The Morgan fingerprint density at radius 1 is 1.67 bits per heavy atom. The Morgan fingerprint density at radius 3 is 2.83 bits per heavy atom. The van der Waals surface area contributed by atoms with Crippen molar-refractivity contribution in [2.75, 3.05) is 0 Å². The average molecular weight is 166 g/mol. The van der Waals surface area contributed by atoms with Crippen molar-refractivity contribution in [2.24, 2.45) is 11.8 Å². The first-order valence-electron chi connectivity index (χ1n) is 4.85. The molecule has 0 saturated carbocycles. The molecule has 0 spiro atoms. The van der Waals surface area contributed by atoms with Crippen molar-refractivity contribution in [3.63, 3.8) is 0 Å². The lowest BCUT2D eigenvalue weighted by atomic mass is 9.82. The summed E-state index contributed by atoms with van der Waals surface area (Å²) in [5.74, 6) is 1.64. The first kappa shape index (κ1) is 9.50. The summed E-state index contributed by atoms with van der Waals surface area (Å²) in [6.45, 7) is 4.56. The lowest BCUT2D eigenvalue weighted by molar-refractivity contribution is -0.107. The molecule has 1 nitrogen and oxygen atoms in total. The first-order chi connectivity index (χ1) is 5.74. The van der Waals surface area contributed by atoms with Crippen LogP contribution in [0.2, 0.25) is 0 Å². The van der Waals surface area contributed by atoms with E-state index in [0.717, 1.165) is 24.5 Å². The van der Waals surface area contributed by atoms with E-state index in [1.165, 1.54) is 18.4 Å². The third-order valence-electron chi connectivity index (χ3n) is 2.83. The maximum atomic E-state index is 10.2. The first-order valence-corrected chi connectivity index (χ1v) is 4.85. The van der Waals surface area contributed by atoms with Crippen LogP contribution in [0, 0.1) is 11.8 Å². The fourth-order valence-electron chi connectivity index (χ4n) is 1.81. The number of rotatable bonds is 3. The maximum absolute atomic E-state index is 10.2. The van der Waals surface area contributed by atoms with Crippen LogP contribution in [0.3, 0.4) is 0 Å². The van der Waals surface area contributed by atoms with Crippen LogP contribution in [0.25, 0.3) is 0 Å². The molecule has 0 bridgehead atoms. The second-order valence-corrected chi connectivity index (χ2v) is 4.01. The number of aldehydes is 1. The van der Waals surface area contributed by atoms with E-state index in [-0.39, 0.29) is 0 Å². The van der Waals surface area contributed by atoms with Crippen LogP contribution in [-0.2, 0) is 4.79 Å². The maximum Gasteiger partial charge on any atom is 0.124 e. The van der Waals surface area contributed by atoms with Crippen molar-refractivity contribution in [2.45, 2.75) is 39.5 Å². The monoisotopic (exact) mass is 166 g/mol. The van der Waals surface area contributed by atoms with Gasteiger partial charge in [0, 0.05) is 6.42 Å². The molecule has 0 aliphatic heterocycles. The fraction of sp³-hybridized carbons (Fsp3) is 0.727. The van der Waals surface area contributed by atoms with E-state index in [9.17, 15) is 4.79 Å². The predicted octanol–water partition coefficient (Wildman–Crippen LogP) is 2.96. The zero-order valence-corrected chi connectivity index (χ0v) is 8.05. The molecule has 0 radical (unpaired) electrons. The summed E-state index contributed by atoms with van der Waals surface area (Å²) in [6.07, 6.45) is 7.54. The normalized spacial score (nSPS) is 23.9. The Morgan fingerprint density at radius 2 is 2.42 bits per heavy atom. The molecule has 0 aromatic heterocycles.